The summed E-state index contributed by atoms with van der Waals surface area (Å²) in [7, 11) is 0. The van der Waals surface area contributed by atoms with Crippen molar-refractivity contribution in [2.75, 3.05) is 5.32 Å². The van der Waals surface area contributed by atoms with E-state index < -0.39 is 0 Å². The van der Waals surface area contributed by atoms with Crippen molar-refractivity contribution in [3.8, 4) is 17.3 Å². The number of carbonyl (C=O) groups excluding carboxylic acids is 1. The van der Waals surface area contributed by atoms with Gasteiger partial charge in [0.05, 0.1) is 11.8 Å². The maximum absolute atomic E-state index is 12.5. The number of thioether (sulfide) groups is 1. The lowest BCUT2D eigenvalue weighted by atomic mass is 10.1. The molecule has 0 bridgehead atoms. The Bertz CT molecular complexity index is 931. The molecule has 130 valence electrons. The number of nitriles is 1. The monoisotopic (exact) mass is 363 g/mol. The van der Waals surface area contributed by atoms with Crippen LogP contribution in [0.3, 0.4) is 0 Å². The molecular formula is C20H17N3O2S. The molecule has 6 heteroatoms. The van der Waals surface area contributed by atoms with Gasteiger partial charge in [0.25, 0.3) is 5.91 Å². The van der Waals surface area contributed by atoms with Gasteiger partial charge in [-0.1, -0.05) is 54.5 Å². The summed E-state index contributed by atoms with van der Waals surface area (Å²) >= 11 is 1.55. The highest BCUT2D eigenvalue weighted by Crippen LogP contribution is 2.32. The summed E-state index contributed by atoms with van der Waals surface area (Å²) in [6, 6.07) is 20.8. The molecule has 1 N–H and O–H groups in total. The molecule has 1 unspecified atom stereocenters. The third kappa shape index (κ3) is 4.32. The van der Waals surface area contributed by atoms with Crippen LogP contribution in [0.4, 0.5) is 5.69 Å². The Labute approximate surface area is 156 Å². The molecule has 1 atom stereocenters. The van der Waals surface area contributed by atoms with Crippen molar-refractivity contribution in [1.82, 2.24) is 5.16 Å². The molecule has 0 saturated heterocycles. The van der Waals surface area contributed by atoms with Gasteiger partial charge < -0.3 is 9.84 Å². The number of anilines is 1. The van der Waals surface area contributed by atoms with Crippen LogP contribution >= 0.6 is 11.8 Å². The first-order chi connectivity index (χ1) is 12.7. The minimum Gasteiger partial charge on any atom is -0.350 e. The maximum Gasteiger partial charge on any atom is 0.294 e. The summed E-state index contributed by atoms with van der Waals surface area (Å²) < 4.78 is 5.20. The summed E-state index contributed by atoms with van der Waals surface area (Å²) in [5, 5.41) is 15.8. The average molecular weight is 363 g/mol. The van der Waals surface area contributed by atoms with Gasteiger partial charge in [0.2, 0.25) is 5.76 Å². The van der Waals surface area contributed by atoms with E-state index in [2.05, 4.69) is 16.5 Å². The highest BCUT2D eigenvalue weighted by atomic mass is 32.2. The van der Waals surface area contributed by atoms with Crippen LogP contribution in [0, 0.1) is 11.3 Å². The summed E-state index contributed by atoms with van der Waals surface area (Å²) in [6.45, 7) is 1.98. The number of nitrogens with zero attached hydrogens (tertiary/aromatic N) is 2. The number of aromatic nitrogens is 1. The SMILES string of the molecule is CC(CC#N)Sc1ccccc1NC(=O)c1cc(-c2ccccc2)no1. The molecule has 0 fully saturated rings. The Balaban J connectivity index is 1.75. The fourth-order valence-electron chi connectivity index (χ4n) is 2.37. The van der Waals surface area contributed by atoms with Gasteiger partial charge in [0.1, 0.15) is 5.69 Å². The summed E-state index contributed by atoms with van der Waals surface area (Å²) in [4.78, 5) is 13.4. The van der Waals surface area contributed by atoms with Gasteiger partial charge in [-0.2, -0.15) is 5.26 Å². The molecule has 2 aromatic carbocycles. The zero-order valence-electron chi connectivity index (χ0n) is 14.2. The van der Waals surface area contributed by atoms with Gasteiger partial charge in [-0.15, -0.1) is 11.8 Å². The third-order valence-corrected chi connectivity index (χ3v) is 4.82. The predicted molar refractivity (Wildman–Crippen MR) is 102 cm³/mol. The number of rotatable bonds is 6. The normalized spacial score (nSPS) is 11.5. The van der Waals surface area contributed by atoms with Crippen molar-refractivity contribution in [2.45, 2.75) is 23.5 Å². The standard InChI is InChI=1S/C20H17N3O2S/c1-14(11-12-21)26-19-10-6-5-9-16(19)22-20(24)18-13-17(23-25-18)15-7-3-2-4-8-15/h2-10,13-14H,11H2,1H3,(H,22,24). The molecule has 3 aromatic rings. The third-order valence-electron chi connectivity index (χ3n) is 3.65. The number of hydrogen-bond acceptors (Lipinski definition) is 5. The van der Waals surface area contributed by atoms with E-state index in [1.165, 1.54) is 0 Å². The van der Waals surface area contributed by atoms with E-state index in [4.69, 9.17) is 9.78 Å². The predicted octanol–water partition coefficient (Wildman–Crippen LogP) is 4.99. The largest absolute Gasteiger partial charge is 0.350 e. The van der Waals surface area contributed by atoms with Crippen LogP contribution < -0.4 is 5.32 Å². The topological polar surface area (TPSA) is 78.9 Å². The highest BCUT2D eigenvalue weighted by Gasteiger charge is 2.16. The van der Waals surface area contributed by atoms with Gasteiger partial charge in [0.15, 0.2) is 0 Å². The van der Waals surface area contributed by atoms with Crippen LogP contribution in [0.5, 0.6) is 0 Å². The zero-order valence-corrected chi connectivity index (χ0v) is 15.0. The van der Waals surface area contributed by atoms with E-state index in [1.54, 1.807) is 17.8 Å². The van der Waals surface area contributed by atoms with Crippen molar-refractivity contribution in [1.29, 1.82) is 5.26 Å². The molecule has 26 heavy (non-hydrogen) atoms. The lowest BCUT2D eigenvalue weighted by Crippen LogP contribution is -2.12. The Morgan fingerprint density at radius 3 is 2.73 bits per heavy atom. The molecule has 0 radical (unpaired) electrons. The molecule has 1 heterocycles. The average Bonchev–Trinajstić information content (AvgIpc) is 3.15. The van der Waals surface area contributed by atoms with Gasteiger partial charge in [0, 0.05) is 28.2 Å². The van der Waals surface area contributed by atoms with E-state index in [0.717, 1.165) is 10.5 Å². The Morgan fingerprint density at radius 1 is 1.23 bits per heavy atom. The van der Waals surface area contributed by atoms with Gasteiger partial charge in [-0.25, -0.2) is 0 Å². The fourth-order valence-corrected chi connectivity index (χ4v) is 3.37. The quantitative estimate of drug-likeness (QED) is 0.624. The molecular weight excluding hydrogens is 346 g/mol. The first-order valence-corrected chi connectivity index (χ1v) is 9.01. The summed E-state index contributed by atoms with van der Waals surface area (Å²) in [5.74, 6) is -0.214. The Hall–Kier alpha value is -3.04. The molecule has 0 saturated carbocycles. The lowest BCUT2D eigenvalue weighted by Gasteiger charge is -2.12. The van der Waals surface area contributed by atoms with Crippen molar-refractivity contribution in [3.05, 3.63) is 66.4 Å². The minimum atomic E-state index is -0.360. The second-order valence-electron chi connectivity index (χ2n) is 5.68. The first kappa shape index (κ1) is 17.8. The molecule has 5 nitrogen and oxygen atoms in total. The van der Waals surface area contributed by atoms with Gasteiger partial charge in [-0.05, 0) is 12.1 Å². The van der Waals surface area contributed by atoms with Crippen LogP contribution in [0.15, 0.2) is 70.1 Å². The van der Waals surface area contributed by atoms with Gasteiger partial charge >= 0.3 is 0 Å². The smallest absolute Gasteiger partial charge is 0.294 e. The van der Waals surface area contributed by atoms with Crippen molar-refractivity contribution >= 4 is 23.4 Å². The molecule has 1 amide bonds. The minimum absolute atomic E-state index is 0.132. The second-order valence-corrected chi connectivity index (χ2v) is 7.16. The molecule has 1 aromatic heterocycles. The maximum atomic E-state index is 12.5. The number of hydrogen-bond donors (Lipinski definition) is 1. The number of amides is 1. The van der Waals surface area contributed by atoms with E-state index >= 15 is 0 Å². The number of benzene rings is 2. The van der Waals surface area contributed by atoms with E-state index in [1.807, 2.05) is 61.5 Å². The van der Waals surface area contributed by atoms with E-state index in [9.17, 15) is 4.79 Å². The first-order valence-electron chi connectivity index (χ1n) is 8.13. The van der Waals surface area contributed by atoms with Crippen LogP contribution in [-0.4, -0.2) is 16.3 Å². The lowest BCUT2D eigenvalue weighted by molar-refractivity contribution is 0.0987. The zero-order chi connectivity index (χ0) is 18.4. The van der Waals surface area contributed by atoms with Crippen LogP contribution in [0.1, 0.15) is 23.9 Å². The van der Waals surface area contributed by atoms with Crippen molar-refractivity contribution in [2.24, 2.45) is 0 Å². The number of para-hydroxylation sites is 1. The molecule has 0 aliphatic heterocycles. The van der Waals surface area contributed by atoms with E-state index in [0.29, 0.717) is 17.8 Å². The summed E-state index contributed by atoms with van der Waals surface area (Å²) in [5.41, 5.74) is 2.18. The molecule has 0 spiro atoms. The Kier molecular flexibility index (Phi) is 5.72. The van der Waals surface area contributed by atoms with E-state index in [-0.39, 0.29) is 16.9 Å². The van der Waals surface area contributed by atoms with Crippen molar-refractivity contribution < 1.29 is 9.32 Å². The van der Waals surface area contributed by atoms with Crippen LogP contribution in [0.2, 0.25) is 0 Å². The highest BCUT2D eigenvalue weighted by molar-refractivity contribution is 8.00. The summed E-state index contributed by atoms with van der Waals surface area (Å²) in [6.07, 6.45) is 0.440. The molecule has 0 aliphatic rings. The van der Waals surface area contributed by atoms with Gasteiger partial charge in [-0.3, -0.25) is 4.79 Å². The van der Waals surface area contributed by atoms with Crippen LogP contribution in [-0.2, 0) is 0 Å². The second kappa shape index (κ2) is 8.37. The molecule has 3 rings (SSSR count). The fraction of sp³-hybridized carbons (Fsp3) is 0.150. The molecule has 0 aliphatic carbocycles. The number of nitrogens with one attached hydrogen (secondary N) is 1. The number of carbonyl (C=O) groups is 1. The van der Waals surface area contributed by atoms with Crippen molar-refractivity contribution in [3.63, 3.8) is 0 Å². The Morgan fingerprint density at radius 2 is 1.96 bits per heavy atom. The van der Waals surface area contributed by atoms with Crippen LogP contribution in [0.25, 0.3) is 11.3 Å².